The monoisotopic (exact) mass is 555 g/mol. The molecule has 0 radical (unpaired) electrons. The standard InChI is InChI=1S/C22H26ClN5O2.HI/c1-16(14-29-15-17-6-4-3-5-7-17)12-25-22(24-2)26-13-20-27-21(28-30-20)18-8-10-19(23)11-9-18;/h3-11,16H,12-15H2,1-2H3,(H2,24,25,26);1H. The normalized spacial score (nSPS) is 12.2. The third kappa shape index (κ3) is 8.47. The van der Waals surface area contributed by atoms with Crippen molar-refractivity contribution in [3.63, 3.8) is 0 Å². The Bertz CT molecular complexity index is 935. The maximum Gasteiger partial charge on any atom is 0.246 e. The Hall–Kier alpha value is -2.17. The van der Waals surface area contributed by atoms with Crippen LogP contribution in [0.25, 0.3) is 11.4 Å². The largest absolute Gasteiger partial charge is 0.376 e. The van der Waals surface area contributed by atoms with Crippen LogP contribution in [0.1, 0.15) is 18.4 Å². The highest BCUT2D eigenvalue weighted by Crippen LogP contribution is 2.18. The summed E-state index contributed by atoms with van der Waals surface area (Å²) < 4.78 is 11.1. The van der Waals surface area contributed by atoms with Gasteiger partial charge in [-0.3, -0.25) is 4.99 Å². The number of rotatable bonds is 9. The minimum atomic E-state index is 0. The first kappa shape index (κ1) is 25.1. The first-order valence-electron chi connectivity index (χ1n) is 9.78. The van der Waals surface area contributed by atoms with E-state index in [2.05, 4.69) is 44.8 Å². The molecule has 0 aliphatic rings. The molecule has 1 atom stereocenters. The predicted octanol–water partition coefficient (Wildman–Crippen LogP) is 4.53. The van der Waals surface area contributed by atoms with E-state index >= 15 is 0 Å². The highest BCUT2D eigenvalue weighted by molar-refractivity contribution is 14.0. The maximum atomic E-state index is 5.91. The van der Waals surface area contributed by atoms with Crippen LogP contribution in [0.5, 0.6) is 0 Å². The third-order valence-electron chi connectivity index (χ3n) is 4.33. The van der Waals surface area contributed by atoms with Gasteiger partial charge in [0.2, 0.25) is 11.7 Å². The topological polar surface area (TPSA) is 84.6 Å². The summed E-state index contributed by atoms with van der Waals surface area (Å²) in [7, 11) is 1.72. The summed E-state index contributed by atoms with van der Waals surface area (Å²) in [5.41, 5.74) is 2.02. The summed E-state index contributed by atoms with van der Waals surface area (Å²) in [5, 5.41) is 11.1. The molecule has 1 unspecified atom stereocenters. The number of nitrogens with one attached hydrogen (secondary N) is 2. The van der Waals surface area contributed by atoms with E-state index in [0.717, 1.165) is 12.1 Å². The van der Waals surface area contributed by atoms with Crippen molar-refractivity contribution in [2.45, 2.75) is 20.1 Å². The van der Waals surface area contributed by atoms with E-state index in [0.29, 0.717) is 48.4 Å². The number of ether oxygens (including phenoxy) is 1. The lowest BCUT2D eigenvalue weighted by molar-refractivity contribution is 0.0931. The summed E-state index contributed by atoms with van der Waals surface area (Å²) >= 11 is 5.91. The SMILES string of the molecule is CN=C(NCc1nc(-c2ccc(Cl)cc2)no1)NCC(C)COCc1ccccc1.I. The van der Waals surface area contributed by atoms with Crippen LogP contribution < -0.4 is 10.6 Å². The zero-order chi connectivity index (χ0) is 21.2. The van der Waals surface area contributed by atoms with Crippen molar-refractivity contribution < 1.29 is 9.26 Å². The van der Waals surface area contributed by atoms with E-state index in [4.69, 9.17) is 20.9 Å². The molecule has 9 heteroatoms. The van der Waals surface area contributed by atoms with E-state index in [1.54, 1.807) is 19.2 Å². The molecule has 3 rings (SSSR count). The molecular weight excluding hydrogens is 529 g/mol. The van der Waals surface area contributed by atoms with Crippen LogP contribution in [0.3, 0.4) is 0 Å². The van der Waals surface area contributed by atoms with Crippen LogP contribution in [0, 0.1) is 5.92 Å². The van der Waals surface area contributed by atoms with Crippen LogP contribution in [0.15, 0.2) is 64.1 Å². The number of aromatic nitrogens is 2. The molecular formula is C22H27ClIN5O2. The molecule has 31 heavy (non-hydrogen) atoms. The second kappa shape index (κ2) is 13.3. The molecule has 0 fully saturated rings. The highest BCUT2D eigenvalue weighted by atomic mass is 127. The lowest BCUT2D eigenvalue weighted by Gasteiger charge is -2.15. The molecule has 2 N–H and O–H groups in total. The minimum Gasteiger partial charge on any atom is -0.376 e. The van der Waals surface area contributed by atoms with E-state index in [9.17, 15) is 0 Å². The maximum absolute atomic E-state index is 5.91. The fourth-order valence-corrected chi connectivity index (χ4v) is 2.83. The molecule has 0 saturated heterocycles. The Morgan fingerprint density at radius 2 is 1.87 bits per heavy atom. The van der Waals surface area contributed by atoms with E-state index in [-0.39, 0.29) is 24.0 Å². The summed E-state index contributed by atoms with van der Waals surface area (Å²) in [6.07, 6.45) is 0. The van der Waals surface area contributed by atoms with Crippen molar-refractivity contribution in [3.05, 3.63) is 71.1 Å². The van der Waals surface area contributed by atoms with E-state index < -0.39 is 0 Å². The second-order valence-electron chi connectivity index (χ2n) is 6.93. The molecule has 2 aromatic carbocycles. The summed E-state index contributed by atoms with van der Waals surface area (Å²) in [5.74, 6) is 1.99. The van der Waals surface area contributed by atoms with Gasteiger partial charge in [-0.1, -0.05) is 54.0 Å². The molecule has 0 spiro atoms. The first-order chi connectivity index (χ1) is 14.6. The zero-order valence-electron chi connectivity index (χ0n) is 17.5. The number of aliphatic imine (C=N–C) groups is 1. The van der Waals surface area contributed by atoms with Crippen LogP contribution in [0.4, 0.5) is 0 Å². The van der Waals surface area contributed by atoms with Crippen LogP contribution in [-0.4, -0.2) is 36.3 Å². The average Bonchev–Trinajstić information content (AvgIpc) is 3.24. The van der Waals surface area contributed by atoms with Gasteiger partial charge in [-0.15, -0.1) is 24.0 Å². The quantitative estimate of drug-likeness (QED) is 0.229. The Balaban J connectivity index is 0.00000341. The second-order valence-corrected chi connectivity index (χ2v) is 7.37. The van der Waals surface area contributed by atoms with E-state index in [1.807, 2.05) is 30.3 Å². The first-order valence-corrected chi connectivity index (χ1v) is 10.2. The number of benzene rings is 2. The van der Waals surface area contributed by atoms with Crippen molar-refractivity contribution in [2.24, 2.45) is 10.9 Å². The van der Waals surface area contributed by atoms with Gasteiger partial charge in [-0.25, -0.2) is 0 Å². The minimum absolute atomic E-state index is 0. The molecule has 7 nitrogen and oxygen atoms in total. The third-order valence-corrected chi connectivity index (χ3v) is 4.59. The lowest BCUT2D eigenvalue weighted by atomic mass is 10.2. The summed E-state index contributed by atoms with van der Waals surface area (Å²) in [4.78, 5) is 8.62. The Kier molecular flexibility index (Phi) is 10.8. The molecule has 1 aromatic heterocycles. The Labute approximate surface area is 204 Å². The van der Waals surface area contributed by atoms with Crippen molar-refractivity contribution >= 4 is 41.5 Å². The van der Waals surface area contributed by atoms with Gasteiger partial charge in [-0.2, -0.15) is 4.98 Å². The van der Waals surface area contributed by atoms with Crippen LogP contribution >= 0.6 is 35.6 Å². The van der Waals surface area contributed by atoms with Gasteiger partial charge in [0.15, 0.2) is 5.96 Å². The fourth-order valence-electron chi connectivity index (χ4n) is 2.70. The number of nitrogens with zero attached hydrogens (tertiary/aromatic N) is 3. The van der Waals surface area contributed by atoms with E-state index in [1.165, 1.54) is 5.56 Å². The van der Waals surface area contributed by atoms with Crippen molar-refractivity contribution in [2.75, 3.05) is 20.2 Å². The number of guanidine groups is 1. The molecule has 166 valence electrons. The molecule has 0 amide bonds. The van der Waals surface area contributed by atoms with Crippen molar-refractivity contribution in [1.82, 2.24) is 20.8 Å². The number of hydrogen-bond donors (Lipinski definition) is 2. The van der Waals surface area contributed by atoms with Gasteiger partial charge < -0.3 is 19.9 Å². The Morgan fingerprint density at radius 3 is 2.58 bits per heavy atom. The van der Waals surface area contributed by atoms with Gasteiger partial charge >= 0.3 is 0 Å². The molecule has 0 aliphatic heterocycles. The number of hydrogen-bond acceptors (Lipinski definition) is 5. The van der Waals surface area contributed by atoms with Gasteiger partial charge in [-0.05, 0) is 35.7 Å². The predicted molar refractivity (Wildman–Crippen MR) is 134 cm³/mol. The molecule has 0 saturated carbocycles. The molecule has 0 bridgehead atoms. The van der Waals surface area contributed by atoms with Crippen LogP contribution in [0.2, 0.25) is 5.02 Å². The van der Waals surface area contributed by atoms with Crippen molar-refractivity contribution in [3.8, 4) is 11.4 Å². The zero-order valence-corrected chi connectivity index (χ0v) is 20.6. The summed E-state index contributed by atoms with van der Waals surface area (Å²) in [6, 6.07) is 17.4. The van der Waals surface area contributed by atoms with Crippen molar-refractivity contribution in [1.29, 1.82) is 0 Å². The van der Waals surface area contributed by atoms with Gasteiger partial charge in [0.05, 0.1) is 19.8 Å². The summed E-state index contributed by atoms with van der Waals surface area (Å²) in [6.45, 7) is 4.51. The molecule has 0 aliphatic carbocycles. The average molecular weight is 556 g/mol. The highest BCUT2D eigenvalue weighted by Gasteiger charge is 2.10. The molecule has 3 aromatic rings. The van der Waals surface area contributed by atoms with Gasteiger partial charge in [0, 0.05) is 24.2 Å². The fraction of sp³-hybridized carbons (Fsp3) is 0.318. The molecule has 1 heterocycles. The lowest BCUT2D eigenvalue weighted by Crippen LogP contribution is -2.39. The smallest absolute Gasteiger partial charge is 0.246 e. The van der Waals surface area contributed by atoms with Gasteiger partial charge in [0.25, 0.3) is 0 Å². The van der Waals surface area contributed by atoms with Crippen LogP contribution in [-0.2, 0) is 17.9 Å². The van der Waals surface area contributed by atoms with Gasteiger partial charge in [0.1, 0.15) is 0 Å². The Morgan fingerprint density at radius 1 is 1.13 bits per heavy atom. The number of halogens is 2.